The van der Waals surface area contributed by atoms with Gasteiger partial charge in [-0.2, -0.15) is 0 Å². The van der Waals surface area contributed by atoms with E-state index < -0.39 is 37.6 Å². The summed E-state index contributed by atoms with van der Waals surface area (Å²) in [5, 5.41) is 31.9. The van der Waals surface area contributed by atoms with E-state index in [4.69, 9.17) is 9.47 Å². The molecule has 6 atom stereocenters. The predicted molar refractivity (Wildman–Crippen MR) is 239 cm³/mol. The van der Waals surface area contributed by atoms with Crippen LogP contribution < -0.4 is 19.9 Å². The minimum Gasteiger partial charge on any atom is -0.494 e. The third-order valence-electron chi connectivity index (χ3n) is 12.8. The molecule has 8 rings (SSSR count). The van der Waals surface area contributed by atoms with Crippen molar-refractivity contribution in [2.45, 2.75) is 94.9 Å². The van der Waals surface area contributed by atoms with Crippen LogP contribution in [0.1, 0.15) is 67.0 Å². The van der Waals surface area contributed by atoms with E-state index >= 15 is 8.90 Å². The Balaban J connectivity index is 1.18. The molecule has 0 radical (unpaired) electrons. The normalized spacial score (nSPS) is 22.6. The molecule has 3 aliphatic heterocycles. The van der Waals surface area contributed by atoms with Gasteiger partial charge in [0.1, 0.15) is 5.75 Å². The number of fused-ring (bicyclic) bond motifs is 3. The van der Waals surface area contributed by atoms with Crippen LogP contribution in [-0.2, 0) is 39.4 Å². The smallest absolute Gasteiger partial charge is 0.264 e. The number of ether oxygens (including phenoxy) is 2. The Bertz CT molecular complexity index is 2360. The monoisotopic (exact) mass is 860 g/mol. The van der Waals surface area contributed by atoms with Crippen LogP contribution >= 0.6 is 0 Å². The van der Waals surface area contributed by atoms with Gasteiger partial charge < -0.3 is 34.0 Å². The van der Waals surface area contributed by atoms with E-state index in [1.807, 2.05) is 117 Å². The van der Waals surface area contributed by atoms with Gasteiger partial charge in [-0.25, -0.2) is 0 Å². The first kappa shape index (κ1) is 43.4. The summed E-state index contributed by atoms with van der Waals surface area (Å²) in [6.07, 6.45) is 3.36. The van der Waals surface area contributed by atoms with Crippen molar-refractivity contribution in [3.63, 3.8) is 0 Å². The molecule has 0 aliphatic carbocycles. The number of anilines is 3. The van der Waals surface area contributed by atoms with E-state index in [9.17, 15) is 15.0 Å². The number of hydrogen-bond acceptors (Lipinski definition) is 9. The zero-order valence-electron chi connectivity index (χ0n) is 35.9. The Morgan fingerprint density at radius 2 is 1.73 bits per heavy atom. The molecule has 2 unspecified atom stereocenters. The Morgan fingerprint density at radius 3 is 2.44 bits per heavy atom. The number of hydrogen-bond donors (Lipinski definition) is 3. The van der Waals surface area contributed by atoms with Gasteiger partial charge in [-0.05, 0) is 105 Å². The van der Waals surface area contributed by atoms with Crippen LogP contribution in [0.15, 0.2) is 103 Å². The SMILES string of the molecule is CCOc1ccc2c(c1)CC(NCCCCO)C(=O)N2c1ccc2c(c1)[C@@]1(O[C@H](CCn3cc(C(CO)c4ccccc4)nn3)[C@@H]([Si](C)(C)F)[C@@H]1C)C(=O)N2Cc1ccccc1. The second kappa shape index (κ2) is 18.2. The lowest BCUT2D eigenvalue weighted by Crippen LogP contribution is -2.49. The largest absolute Gasteiger partial charge is 0.494 e. The summed E-state index contributed by atoms with van der Waals surface area (Å²) in [5.74, 6) is -0.575. The van der Waals surface area contributed by atoms with E-state index in [0.29, 0.717) is 73.8 Å². The van der Waals surface area contributed by atoms with Crippen molar-refractivity contribution in [3.8, 4) is 5.75 Å². The van der Waals surface area contributed by atoms with Crippen molar-refractivity contribution >= 4 is 37.3 Å². The standard InChI is InChI=1S/C48H57FN6O6Si/c1-5-60-37-19-21-42-35(26-37)27-40(50-23-12-13-25-56)46(58)55(42)36-18-20-43-39(28-36)48(47(59)54(43)29-33-14-8-6-9-15-33)32(2)45(62(3,4)49)44(61-48)22-24-53-30-41(51-52-53)38(31-57)34-16-10-7-11-17-34/h6-11,14-21,26,28,30,32,38,40,44-45,50,56-57H,5,12-13,22-25,27,29,31H2,1-4H3/t32-,38?,40?,44+,45-,48+/m0/s1. The third-order valence-corrected chi connectivity index (χ3v) is 15.3. The summed E-state index contributed by atoms with van der Waals surface area (Å²) in [4.78, 5) is 33.4. The van der Waals surface area contributed by atoms with Crippen LogP contribution in [0, 0.1) is 5.92 Å². The number of unbranched alkanes of at least 4 members (excludes halogenated alkanes) is 1. The van der Waals surface area contributed by atoms with Crippen molar-refractivity contribution in [2.75, 3.05) is 36.2 Å². The minimum atomic E-state index is -3.51. The highest BCUT2D eigenvalue weighted by atomic mass is 28.4. The number of benzene rings is 4. The Hall–Kier alpha value is -5.25. The number of nitrogens with one attached hydrogen (secondary N) is 1. The maximum absolute atomic E-state index is 16.9. The number of amides is 2. The molecular weight excluding hydrogens is 804 g/mol. The zero-order valence-corrected chi connectivity index (χ0v) is 36.9. The molecule has 3 N–H and O–H groups in total. The fourth-order valence-electron chi connectivity index (χ4n) is 9.98. The molecule has 1 saturated heterocycles. The molecule has 4 heterocycles. The van der Waals surface area contributed by atoms with Gasteiger partial charge in [0.25, 0.3) is 5.91 Å². The average molecular weight is 861 g/mol. The molecule has 0 bridgehead atoms. The highest BCUT2D eigenvalue weighted by Crippen LogP contribution is 2.61. The molecule has 3 aliphatic rings. The molecular formula is C48H57FN6O6Si. The Labute approximate surface area is 363 Å². The summed E-state index contributed by atoms with van der Waals surface area (Å²) >= 11 is 0. The molecule has 12 nitrogen and oxygen atoms in total. The summed E-state index contributed by atoms with van der Waals surface area (Å²) in [6.45, 7) is 8.91. The quantitative estimate of drug-likeness (QED) is 0.0505. The lowest BCUT2D eigenvalue weighted by atomic mass is 9.82. The van der Waals surface area contributed by atoms with Crippen LogP contribution in [0.5, 0.6) is 5.75 Å². The fraction of sp³-hybridized carbons (Fsp3) is 0.417. The Kier molecular flexibility index (Phi) is 12.8. The van der Waals surface area contributed by atoms with Gasteiger partial charge in [-0.15, -0.1) is 5.10 Å². The first-order valence-corrected chi connectivity index (χ1v) is 24.8. The zero-order chi connectivity index (χ0) is 43.6. The lowest BCUT2D eigenvalue weighted by Gasteiger charge is -2.36. The van der Waals surface area contributed by atoms with E-state index in [1.54, 1.807) is 27.6 Å². The van der Waals surface area contributed by atoms with Crippen molar-refractivity contribution < 1.29 is 33.4 Å². The van der Waals surface area contributed by atoms with E-state index in [-0.39, 0.29) is 37.5 Å². The van der Waals surface area contributed by atoms with Crippen LogP contribution in [0.2, 0.25) is 18.6 Å². The first-order chi connectivity index (χ1) is 30.0. The molecule has 14 heteroatoms. The van der Waals surface area contributed by atoms with Crippen molar-refractivity contribution in [3.05, 3.63) is 131 Å². The van der Waals surface area contributed by atoms with Gasteiger partial charge >= 0.3 is 0 Å². The van der Waals surface area contributed by atoms with Crippen LogP contribution in [-0.4, -0.2) is 83.9 Å². The van der Waals surface area contributed by atoms with Crippen molar-refractivity contribution in [1.82, 2.24) is 20.3 Å². The second-order valence-corrected chi connectivity index (χ2v) is 21.0. The molecule has 2 amide bonds. The summed E-state index contributed by atoms with van der Waals surface area (Å²) in [6, 6.07) is 30.4. The van der Waals surface area contributed by atoms with Gasteiger partial charge in [0.05, 0.1) is 54.9 Å². The van der Waals surface area contributed by atoms with Crippen molar-refractivity contribution in [2.24, 2.45) is 5.92 Å². The second-order valence-electron chi connectivity index (χ2n) is 17.2. The topological polar surface area (TPSA) is 142 Å². The van der Waals surface area contributed by atoms with E-state index in [0.717, 1.165) is 22.4 Å². The van der Waals surface area contributed by atoms with Gasteiger partial charge in [0, 0.05) is 42.1 Å². The fourth-order valence-corrected chi connectivity index (χ4v) is 12.5. The van der Waals surface area contributed by atoms with Gasteiger partial charge in [-0.3, -0.25) is 19.2 Å². The molecule has 1 fully saturated rings. The van der Waals surface area contributed by atoms with E-state index in [2.05, 4.69) is 15.6 Å². The molecule has 5 aromatic rings. The number of rotatable bonds is 17. The van der Waals surface area contributed by atoms with Crippen LogP contribution in [0.4, 0.5) is 21.2 Å². The van der Waals surface area contributed by atoms with Gasteiger partial charge in [-0.1, -0.05) is 72.8 Å². The number of nitrogens with zero attached hydrogens (tertiary/aromatic N) is 5. The van der Waals surface area contributed by atoms with Crippen LogP contribution in [0.25, 0.3) is 0 Å². The molecule has 1 aromatic heterocycles. The number of aliphatic hydroxyl groups is 2. The maximum atomic E-state index is 16.9. The lowest BCUT2D eigenvalue weighted by molar-refractivity contribution is -0.146. The summed E-state index contributed by atoms with van der Waals surface area (Å²) < 4.78 is 31.6. The van der Waals surface area contributed by atoms with Gasteiger partial charge in [0.15, 0.2) is 5.60 Å². The summed E-state index contributed by atoms with van der Waals surface area (Å²) in [5.41, 5.74) is 3.92. The van der Waals surface area contributed by atoms with E-state index in [1.165, 1.54) is 0 Å². The molecule has 4 aromatic carbocycles. The molecule has 62 heavy (non-hydrogen) atoms. The number of carbonyl (C=O) groups excluding carboxylic acids is 2. The van der Waals surface area contributed by atoms with Crippen molar-refractivity contribution in [1.29, 1.82) is 0 Å². The third kappa shape index (κ3) is 8.22. The molecule has 326 valence electrons. The number of aromatic nitrogens is 3. The number of halogens is 1. The number of aliphatic hydroxyl groups excluding tert-OH is 2. The number of aryl methyl sites for hydroxylation is 1. The predicted octanol–water partition coefficient (Wildman–Crippen LogP) is 7.16. The molecule has 0 saturated carbocycles. The summed E-state index contributed by atoms with van der Waals surface area (Å²) in [7, 11) is -3.51. The molecule has 1 spiro atoms. The van der Waals surface area contributed by atoms with Crippen LogP contribution in [0.3, 0.4) is 0 Å². The first-order valence-electron chi connectivity index (χ1n) is 21.8. The number of carbonyl (C=O) groups is 2. The van der Waals surface area contributed by atoms with Gasteiger partial charge in [0.2, 0.25) is 14.3 Å². The average Bonchev–Trinajstić information content (AvgIpc) is 3.92. The highest BCUT2D eigenvalue weighted by Gasteiger charge is 2.66. The minimum absolute atomic E-state index is 0.0787. The maximum Gasteiger partial charge on any atom is 0.264 e. The highest BCUT2D eigenvalue weighted by molar-refractivity contribution is 6.72. The Morgan fingerprint density at radius 1 is 0.984 bits per heavy atom.